The van der Waals surface area contributed by atoms with Crippen LogP contribution < -0.4 is 0 Å². The molecule has 4 rings (SSSR count). The van der Waals surface area contributed by atoms with Crippen molar-refractivity contribution in [2.45, 2.75) is 71.9 Å². The van der Waals surface area contributed by atoms with E-state index in [-0.39, 0.29) is 5.91 Å². The summed E-state index contributed by atoms with van der Waals surface area (Å²) in [6, 6.07) is 6.93. The maximum Gasteiger partial charge on any atom is 0.233 e. The van der Waals surface area contributed by atoms with Crippen LogP contribution >= 0.6 is 11.8 Å². The van der Waals surface area contributed by atoms with Gasteiger partial charge in [0, 0.05) is 18.0 Å². The SMILES string of the molecule is Cc1cc(C)c2nc(SCC(=O)N3C[C@@]4(C)C[C@H]3CC(C)(C)C4)cc(C)c2c1. The molecule has 3 nitrogen and oxygen atoms in total. The van der Waals surface area contributed by atoms with Gasteiger partial charge in [0.1, 0.15) is 0 Å². The Morgan fingerprint density at radius 1 is 1.14 bits per heavy atom. The van der Waals surface area contributed by atoms with Crippen LogP contribution in [0, 0.1) is 31.6 Å². The Morgan fingerprint density at radius 2 is 1.89 bits per heavy atom. The summed E-state index contributed by atoms with van der Waals surface area (Å²) in [6.07, 6.45) is 3.52. The smallest absolute Gasteiger partial charge is 0.233 e. The number of pyridine rings is 1. The van der Waals surface area contributed by atoms with Crippen LogP contribution in [0.1, 0.15) is 56.7 Å². The zero-order valence-corrected chi connectivity index (χ0v) is 18.9. The summed E-state index contributed by atoms with van der Waals surface area (Å²) in [5.41, 5.74) is 5.40. The Hall–Kier alpha value is -1.55. The molecule has 2 bridgehead atoms. The van der Waals surface area contributed by atoms with Gasteiger partial charge in [0.25, 0.3) is 0 Å². The third-order valence-electron chi connectivity index (χ3n) is 6.51. The van der Waals surface area contributed by atoms with E-state index in [9.17, 15) is 4.79 Å². The summed E-state index contributed by atoms with van der Waals surface area (Å²) in [4.78, 5) is 20.1. The number of carbonyl (C=O) groups is 1. The minimum atomic E-state index is 0.275. The molecular weight excluding hydrogens is 364 g/mol. The zero-order valence-electron chi connectivity index (χ0n) is 18.1. The highest BCUT2D eigenvalue weighted by Gasteiger charge is 2.50. The first-order valence-corrected chi connectivity index (χ1v) is 11.3. The lowest BCUT2D eigenvalue weighted by molar-refractivity contribution is -0.129. The lowest BCUT2D eigenvalue weighted by atomic mass is 9.65. The fourth-order valence-electron chi connectivity index (χ4n) is 5.86. The second-order valence-corrected chi connectivity index (χ2v) is 11.3. The Kier molecular flexibility index (Phi) is 4.77. The first-order chi connectivity index (χ1) is 13.1. The maximum absolute atomic E-state index is 13.1. The van der Waals surface area contributed by atoms with Crippen molar-refractivity contribution in [3.63, 3.8) is 0 Å². The molecule has 1 aliphatic carbocycles. The van der Waals surface area contributed by atoms with Crippen LogP contribution in [0.15, 0.2) is 23.2 Å². The molecule has 2 aromatic rings. The third-order valence-corrected chi connectivity index (χ3v) is 7.41. The van der Waals surface area contributed by atoms with Crippen LogP contribution in [0.25, 0.3) is 10.9 Å². The summed E-state index contributed by atoms with van der Waals surface area (Å²) in [5, 5.41) is 2.18. The molecule has 1 aromatic carbocycles. The molecular formula is C24H32N2OS. The first kappa shape index (κ1) is 19.8. The van der Waals surface area contributed by atoms with E-state index in [1.165, 1.54) is 34.9 Å². The minimum absolute atomic E-state index is 0.275. The van der Waals surface area contributed by atoms with E-state index in [1.54, 1.807) is 11.8 Å². The summed E-state index contributed by atoms with van der Waals surface area (Å²) < 4.78 is 0. The molecule has 2 fully saturated rings. The van der Waals surface area contributed by atoms with E-state index >= 15 is 0 Å². The van der Waals surface area contributed by atoms with Crippen LogP contribution in [-0.2, 0) is 4.79 Å². The van der Waals surface area contributed by atoms with Crippen molar-refractivity contribution >= 4 is 28.6 Å². The summed E-state index contributed by atoms with van der Waals surface area (Å²) >= 11 is 1.59. The molecule has 1 aliphatic heterocycles. The Morgan fingerprint density at radius 3 is 2.64 bits per heavy atom. The molecule has 1 saturated carbocycles. The van der Waals surface area contributed by atoms with Gasteiger partial charge >= 0.3 is 0 Å². The normalized spacial score (nSPS) is 26.1. The van der Waals surface area contributed by atoms with Gasteiger partial charge in [-0.1, -0.05) is 44.2 Å². The summed E-state index contributed by atoms with van der Waals surface area (Å²) in [6.45, 7) is 14.4. The number of hydrogen-bond acceptors (Lipinski definition) is 3. The Bertz CT molecular complexity index is 951. The van der Waals surface area contributed by atoms with E-state index in [1.807, 2.05) is 0 Å². The van der Waals surface area contributed by atoms with Crippen molar-refractivity contribution in [1.29, 1.82) is 0 Å². The second kappa shape index (κ2) is 6.76. The number of carbonyl (C=O) groups excluding carboxylic acids is 1. The standard InChI is InChI=1S/C24H32N2OS/c1-15-7-17(3)22-19(8-15)16(2)9-20(25-22)28-12-21(27)26-14-24(6)11-18(26)10-23(4,5)13-24/h7-9,18H,10-14H2,1-6H3/t18-,24+/m1/s1. The van der Waals surface area contributed by atoms with Crippen LogP contribution in [0.3, 0.4) is 0 Å². The van der Waals surface area contributed by atoms with Gasteiger partial charge in [-0.3, -0.25) is 4.79 Å². The van der Waals surface area contributed by atoms with E-state index in [0.29, 0.717) is 22.6 Å². The first-order valence-electron chi connectivity index (χ1n) is 10.4. The molecule has 0 radical (unpaired) electrons. The predicted molar refractivity (Wildman–Crippen MR) is 118 cm³/mol. The fourth-order valence-corrected chi connectivity index (χ4v) is 6.71. The number of likely N-dealkylation sites (tertiary alicyclic amines) is 1. The van der Waals surface area contributed by atoms with Gasteiger partial charge in [0.2, 0.25) is 5.91 Å². The van der Waals surface area contributed by atoms with Gasteiger partial charge in [0.15, 0.2) is 0 Å². The number of aromatic nitrogens is 1. The van der Waals surface area contributed by atoms with Crippen LogP contribution in [-0.4, -0.2) is 34.1 Å². The number of amides is 1. The van der Waals surface area contributed by atoms with Crippen molar-refractivity contribution in [2.24, 2.45) is 10.8 Å². The number of benzene rings is 1. The van der Waals surface area contributed by atoms with Crippen molar-refractivity contribution < 1.29 is 4.79 Å². The van der Waals surface area contributed by atoms with Crippen LogP contribution in [0.5, 0.6) is 0 Å². The maximum atomic E-state index is 13.1. The van der Waals surface area contributed by atoms with Crippen molar-refractivity contribution in [3.8, 4) is 0 Å². The minimum Gasteiger partial charge on any atom is -0.338 e. The molecule has 0 N–H and O–H groups in total. The van der Waals surface area contributed by atoms with Gasteiger partial charge in [-0.25, -0.2) is 4.98 Å². The van der Waals surface area contributed by atoms with Gasteiger partial charge in [-0.05, 0) is 74.1 Å². The van der Waals surface area contributed by atoms with E-state index in [0.717, 1.165) is 23.5 Å². The second-order valence-electron chi connectivity index (χ2n) is 10.3. The quantitative estimate of drug-likeness (QED) is 0.626. The van der Waals surface area contributed by atoms with Crippen molar-refractivity contribution in [2.75, 3.05) is 12.3 Å². The van der Waals surface area contributed by atoms with Crippen LogP contribution in [0.4, 0.5) is 0 Å². The van der Waals surface area contributed by atoms with E-state index < -0.39 is 0 Å². The third kappa shape index (κ3) is 3.68. The largest absolute Gasteiger partial charge is 0.338 e. The molecule has 1 amide bonds. The molecule has 2 aliphatic rings. The Balaban J connectivity index is 1.50. The molecule has 1 saturated heterocycles. The van der Waals surface area contributed by atoms with E-state index in [2.05, 4.69) is 64.6 Å². The van der Waals surface area contributed by atoms with Gasteiger partial charge in [-0.2, -0.15) is 0 Å². The monoisotopic (exact) mass is 396 g/mol. The number of hydrogen-bond donors (Lipinski definition) is 0. The topological polar surface area (TPSA) is 33.2 Å². The average Bonchev–Trinajstić information content (AvgIpc) is 2.82. The molecule has 150 valence electrons. The highest BCUT2D eigenvalue weighted by molar-refractivity contribution is 7.99. The molecule has 0 spiro atoms. The number of fused-ring (bicyclic) bond motifs is 3. The lowest BCUT2D eigenvalue weighted by Crippen LogP contribution is -2.38. The van der Waals surface area contributed by atoms with Gasteiger partial charge < -0.3 is 4.90 Å². The highest BCUT2D eigenvalue weighted by Crippen LogP contribution is 2.52. The molecule has 4 heteroatoms. The fraction of sp³-hybridized carbons (Fsp3) is 0.583. The molecule has 0 unspecified atom stereocenters. The van der Waals surface area contributed by atoms with E-state index in [4.69, 9.17) is 4.98 Å². The van der Waals surface area contributed by atoms with Crippen molar-refractivity contribution in [1.82, 2.24) is 9.88 Å². The number of nitrogens with zero attached hydrogens (tertiary/aromatic N) is 2. The van der Waals surface area contributed by atoms with Crippen LogP contribution in [0.2, 0.25) is 0 Å². The number of aryl methyl sites for hydroxylation is 3. The van der Waals surface area contributed by atoms with Gasteiger partial charge in [-0.15, -0.1) is 0 Å². The molecule has 2 atom stereocenters. The van der Waals surface area contributed by atoms with Crippen molar-refractivity contribution in [3.05, 3.63) is 34.9 Å². The Labute approximate surface area is 173 Å². The summed E-state index contributed by atoms with van der Waals surface area (Å²) in [5.74, 6) is 0.757. The average molecular weight is 397 g/mol. The zero-order chi connectivity index (χ0) is 20.3. The number of thioether (sulfide) groups is 1. The summed E-state index contributed by atoms with van der Waals surface area (Å²) in [7, 11) is 0. The lowest BCUT2D eigenvalue weighted by Gasteiger charge is -2.39. The highest BCUT2D eigenvalue weighted by atomic mass is 32.2. The molecule has 1 aromatic heterocycles. The number of rotatable bonds is 3. The van der Waals surface area contributed by atoms with Gasteiger partial charge in [0.05, 0.1) is 16.3 Å². The predicted octanol–water partition coefficient (Wildman–Crippen LogP) is 5.68. The molecule has 28 heavy (non-hydrogen) atoms. The molecule has 2 heterocycles.